The minimum atomic E-state index is -0.333. The summed E-state index contributed by atoms with van der Waals surface area (Å²) in [7, 11) is 4.00. The summed E-state index contributed by atoms with van der Waals surface area (Å²) in [5.74, 6) is 0.513. The second kappa shape index (κ2) is 8.21. The van der Waals surface area contributed by atoms with Crippen LogP contribution in [-0.4, -0.2) is 55.3 Å². The van der Waals surface area contributed by atoms with Crippen molar-refractivity contribution in [2.24, 2.45) is 4.99 Å². The van der Waals surface area contributed by atoms with Crippen LogP contribution < -0.4 is 5.32 Å². The van der Waals surface area contributed by atoms with Crippen LogP contribution in [0.3, 0.4) is 0 Å². The molecule has 6 nitrogen and oxygen atoms in total. The number of aliphatic imine (C=N–C) groups is 1. The zero-order valence-corrected chi connectivity index (χ0v) is 16.0. The first kappa shape index (κ1) is 18.9. The fourth-order valence-electron chi connectivity index (χ4n) is 2.79. The van der Waals surface area contributed by atoms with Crippen molar-refractivity contribution in [3.63, 3.8) is 0 Å². The predicted octanol–water partition coefficient (Wildman–Crippen LogP) is 3.37. The van der Waals surface area contributed by atoms with E-state index in [-0.39, 0.29) is 16.5 Å². The topological polar surface area (TPSA) is 71.7 Å². The van der Waals surface area contributed by atoms with Crippen molar-refractivity contribution in [2.45, 2.75) is 0 Å². The number of anilines is 1. The van der Waals surface area contributed by atoms with Gasteiger partial charge in [-0.3, -0.25) is 9.69 Å². The van der Waals surface area contributed by atoms with E-state index in [1.807, 2.05) is 38.4 Å². The number of piperazine rings is 1. The summed E-state index contributed by atoms with van der Waals surface area (Å²) < 4.78 is 0. The van der Waals surface area contributed by atoms with Crippen molar-refractivity contribution in [3.05, 3.63) is 58.6 Å². The highest BCUT2D eigenvalue weighted by Crippen LogP contribution is 2.29. The lowest BCUT2D eigenvalue weighted by Gasteiger charge is -2.32. The number of amides is 1. The molecule has 1 heterocycles. The molecule has 1 fully saturated rings. The Hall–Kier alpha value is -2.88. The SMILES string of the molecule is CN1CCN(C)/C(=N\c2cc(Cl)c(C#N)cc2C(=O)Nc2ccccc2)C1. The molecule has 0 spiro atoms. The largest absolute Gasteiger partial charge is 0.361 e. The Balaban J connectivity index is 2.01. The van der Waals surface area contributed by atoms with Crippen molar-refractivity contribution in [2.75, 3.05) is 39.0 Å². The van der Waals surface area contributed by atoms with Gasteiger partial charge in [-0.25, -0.2) is 4.99 Å². The molecule has 1 saturated heterocycles. The van der Waals surface area contributed by atoms with Crippen LogP contribution in [0.25, 0.3) is 0 Å². The van der Waals surface area contributed by atoms with Crippen molar-refractivity contribution >= 4 is 34.7 Å². The predicted molar refractivity (Wildman–Crippen MR) is 108 cm³/mol. The van der Waals surface area contributed by atoms with Gasteiger partial charge in [0.2, 0.25) is 0 Å². The third-order valence-corrected chi connectivity index (χ3v) is 4.71. The molecule has 0 aliphatic carbocycles. The Morgan fingerprint density at radius 3 is 2.67 bits per heavy atom. The van der Waals surface area contributed by atoms with Crippen molar-refractivity contribution in [1.82, 2.24) is 9.80 Å². The molecule has 1 N–H and O–H groups in total. The van der Waals surface area contributed by atoms with E-state index in [4.69, 9.17) is 16.6 Å². The number of likely N-dealkylation sites (N-methyl/N-ethyl adjacent to an activating group) is 2. The highest BCUT2D eigenvalue weighted by atomic mass is 35.5. The van der Waals surface area contributed by atoms with Gasteiger partial charge in [-0.15, -0.1) is 0 Å². The van der Waals surface area contributed by atoms with Crippen LogP contribution in [-0.2, 0) is 0 Å². The van der Waals surface area contributed by atoms with Gasteiger partial charge < -0.3 is 10.2 Å². The zero-order valence-electron chi connectivity index (χ0n) is 15.2. The van der Waals surface area contributed by atoms with E-state index in [1.165, 1.54) is 6.07 Å². The Labute approximate surface area is 163 Å². The molecule has 0 bridgehead atoms. The first-order valence-corrected chi connectivity index (χ1v) is 8.93. The number of nitrogens with zero attached hydrogens (tertiary/aromatic N) is 4. The average molecular weight is 382 g/mol. The minimum absolute atomic E-state index is 0.243. The molecule has 0 aromatic heterocycles. The highest BCUT2D eigenvalue weighted by molar-refractivity contribution is 6.32. The highest BCUT2D eigenvalue weighted by Gasteiger charge is 2.20. The number of benzene rings is 2. The maximum Gasteiger partial charge on any atom is 0.257 e. The van der Waals surface area contributed by atoms with Gasteiger partial charge in [0.25, 0.3) is 5.91 Å². The molecule has 7 heteroatoms. The quantitative estimate of drug-likeness (QED) is 0.884. The molecular formula is C20H20ClN5O. The molecule has 0 saturated carbocycles. The Morgan fingerprint density at radius 2 is 1.96 bits per heavy atom. The molecule has 3 rings (SSSR count). The first-order valence-electron chi connectivity index (χ1n) is 8.55. The molecule has 1 aliphatic rings. The summed E-state index contributed by atoms with van der Waals surface area (Å²) in [5.41, 5.74) is 1.68. The number of nitriles is 1. The second-order valence-electron chi connectivity index (χ2n) is 6.47. The van der Waals surface area contributed by atoms with Crippen molar-refractivity contribution in [3.8, 4) is 6.07 Å². The maximum absolute atomic E-state index is 12.8. The lowest BCUT2D eigenvalue weighted by molar-refractivity contribution is 0.102. The van der Waals surface area contributed by atoms with E-state index < -0.39 is 0 Å². The zero-order chi connectivity index (χ0) is 19.4. The number of nitrogens with one attached hydrogen (secondary N) is 1. The minimum Gasteiger partial charge on any atom is -0.361 e. The van der Waals surface area contributed by atoms with Crippen LogP contribution in [0.5, 0.6) is 0 Å². The van der Waals surface area contributed by atoms with Gasteiger partial charge >= 0.3 is 0 Å². The smallest absolute Gasteiger partial charge is 0.257 e. The molecule has 0 unspecified atom stereocenters. The number of halogens is 1. The van der Waals surface area contributed by atoms with Gasteiger partial charge in [-0.05, 0) is 31.3 Å². The molecular weight excluding hydrogens is 362 g/mol. The fraction of sp³-hybridized carbons (Fsp3) is 0.250. The molecule has 2 aromatic carbocycles. The number of carbonyl (C=O) groups is 1. The fourth-order valence-corrected chi connectivity index (χ4v) is 2.99. The standard InChI is InChI=1S/C20H20ClN5O/c1-25-8-9-26(2)19(13-25)24-18-11-17(21)14(12-22)10-16(18)20(27)23-15-6-4-3-5-7-15/h3-7,10-11H,8-9,13H2,1-2H3,(H,23,27)/b24-19-. The molecule has 0 radical (unpaired) electrons. The van der Waals surface area contributed by atoms with Crippen molar-refractivity contribution < 1.29 is 4.79 Å². The first-order chi connectivity index (χ1) is 13.0. The van der Waals surface area contributed by atoms with Gasteiger partial charge in [0.05, 0.1) is 28.4 Å². The lowest BCUT2D eigenvalue weighted by atomic mass is 10.1. The van der Waals surface area contributed by atoms with E-state index in [9.17, 15) is 10.1 Å². The van der Waals surface area contributed by atoms with Crippen LogP contribution in [0.15, 0.2) is 47.5 Å². The molecule has 0 atom stereocenters. The lowest BCUT2D eigenvalue weighted by Crippen LogP contribution is -2.46. The molecule has 1 aliphatic heterocycles. The summed E-state index contributed by atoms with van der Waals surface area (Å²) >= 11 is 6.20. The molecule has 1 amide bonds. The summed E-state index contributed by atoms with van der Waals surface area (Å²) in [6, 6.07) is 14.2. The summed E-state index contributed by atoms with van der Waals surface area (Å²) in [5, 5.41) is 12.4. The number of rotatable bonds is 3. The molecule has 27 heavy (non-hydrogen) atoms. The molecule has 138 valence electrons. The monoisotopic (exact) mass is 381 g/mol. The summed E-state index contributed by atoms with van der Waals surface area (Å²) in [6.45, 7) is 2.48. The second-order valence-corrected chi connectivity index (χ2v) is 6.88. The van der Waals surface area contributed by atoms with Crippen LogP contribution in [0.1, 0.15) is 15.9 Å². The third-order valence-electron chi connectivity index (χ3n) is 4.40. The third kappa shape index (κ3) is 4.45. The Kier molecular flexibility index (Phi) is 5.75. The summed E-state index contributed by atoms with van der Waals surface area (Å²) in [6.07, 6.45) is 0. The molecule has 2 aromatic rings. The van der Waals surface area contributed by atoms with Gasteiger partial charge in [-0.1, -0.05) is 29.8 Å². The van der Waals surface area contributed by atoms with Gasteiger partial charge in [0, 0.05) is 25.8 Å². The number of para-hydroxylation sites is 1. The Morgan fingerprint density at radius 1 is 1.22 bits per heavy atom. The normalized spacial score (nSPS) is 16.2. The number of carbonyl (C=O) groups excluding carboxylic acids is 1. The van der Waals surface area contributed by atoms with E-state index >= 15 is 0 Å². The maximum atomic E-state index is 12.8. The number of hydrogen-bond acceptors (Lipinski definition) is 4. The number of amidine groups is 1. The van der Waals surface area contributed by atoms with E-state index in [0.717, 1.165) is 18.9 Å². The van der Waals surface area contributed by atoms with Crippen LogP contribution in [0, 0.1) is 11.3 Å². The van der Waals surface area contributed by atoms with E-state index in [1.54, 1.807) is 18.2 Å². The van der Waals surface area contributed by atoms with Crippen LogP contribution in [0.2, 0.25) is 5.02 Å². The van der Waals surface area contributed by atoms with Crippen LogP contribution >= 0.6 is 11.6 Å². The van der Waals surface area contributed by atoms with Gasteiger partial charge in [0.15, 0.2) is 0 Å². The van der Waals surface area contributed by atoms with E-state index in [2.05, 4.69) is 15.1 Å². The van der Waals surface area contributed by atoms with Gasteiger partial charge in [-0.2, -0.15) is 5.26 Å². The van der Waals surface area contributed by atoms with Crippen molar-refractivity contribution in [1.29, 1.82) is 5.26 Å². The Bertz CT molecular complexity index is 920. The van der Waals surface area contributed by atoms with Crippen LogP contribution in [0.4, 0.5) is 11.4 Å². The average Bonchev–Trinajstić information content (AvgIpc) is 2.65. The van der Waals surface area contributed by atoms with Gasteiger partial charge in [0.1, 0.15) is 11.9 Å². The van der Waals surface area contributed by atoms with E-state index in [0.29, 0.717) is 23.5 Å². The number of hydrogen-bond donors (Lipinski definition) is 1. The summed E-state index contributed by atoms with van der Waals surface area (Å²) in [4.78, 5) is 21.8.